The SMILES string of the molecule is Oc1cccc2[nH]c(C3CCCC3)nc12. The van der Waals surface area contributed by atoms with E-state index in [0.717, 1.165) is 11.3 Å². The number of phenols is 1. The molecular weight excluding hydrogens is 188 g/mol. The van der Waals surface area contributed by atoms with Gasteiger partial charge in [0.15, 0.2) is 0 Å². The highest BCUT2D eigenvalue weighted by Gasteiger charge is 2.20. The fraction of sp³-hybridized carbons (Fsp3) is 0.417. The molecule has 1 heterocycles. The smallest absolute Gasteiger partial charge is 0.143 e. The van der Waals surface area contributed by atoms with Crippen molar-refractivity contribution in [2.75, 3.05) is 0 Å². The Kier molecular flexibility index (Phi) is 1.91. The summed E-state index contributed by atoms with van der Waals surface area (Å²) in [5, 5.41) is 9.64. The third kappa shape index (κ3) is 1.39. The molecule has 1 aromatic heterocycles. The molecule has 3 rings (SSSR count). The number of H-pyrrole nitrogens is 1. The van der Waals surface area contributed by atoms with Crippen LogP contribution in [0.5, 0.6) is 5.75 Å². The number of hydrogen-bond donors (Lipinski definition) is 2. The topological polar surface area (TPSA) is 48.9 Å². The van der Waals surface area contributed by atoms with Crippen molar-refractivity contribution in [1.29, 1.82) is 0 Å². The van der Waals surface area contributed by atoms with Gasteiger partial charge in [-0.1, -0.05) is 18.9 Å². The minimum Gasteiger partial charge on any atom is -0.506 e. The lowest BCUT2D eigenvalue weighted by Crippen LogP contribution is -1.93. The predicted octanol–water partition coefficient (Wildman–Crippen LogP) is 2.93. The number of aromatic nitrogens is 2. The Bertz CT molecular complexity index is 483. The molecule has 2 aromatic rings. The lowest BCUT2D eigenvalue weighted by Gasteiger charge is -2.02. The lowest BCUT2D eigenvalue weighted by molar-refractivity contribution is 0.480. The molecule has 0 radical (unpaired) electrons. The summed E-state index contributed by atoms with van der Waals surface area (Å²) in [6.45, 7) is 0. The van der Waals surface area contributed by atoms with Gasteiger partial charge in [0.05, 0.1) is 5.52 Å². The fourth-order valence-electron chi connectivity index (χ4n) is 2.43. The normalized spacial score (nSPS) is 17.6. The number of nitrogens with one attached hydrogen (secondary N) is 1. The number of aromatic amines is 1. The molecule has 1 aliphatic rings. The number of benzene rings is 1. The van der Waals surface area contributed by atoms with E-state index in [-0.39, 0.29) is 5.75 Å². The molecule has 15 heavy (non-hydrogen) atoms. The number of nitrogens with zero attached hydrogens (tertiary/aromatic N) is 1. The van der Waals surface area contributed by atoms with Crippen LogP contribution in [0.4, 0.5) is 0 Å². The molecule has 0 atom stereocenters. The highest BCUT2D eigenvalue weighted by Crippen LogP contribution is 2.34. The second-order valence-electron chi connectivity index (χ2n) is 4.28. The highest BCUT2D eigenvalue weighted by atomic mass is 16.3. The molecule has 2 N–H and O–H groups in total. The minimum atomic E-state index is 0.271. The van der Waals surface area contributed by atoms with Gasteiger partial charge in [-0.25, -0.2) is 4.98 Å². The van der Waals surface area contributed by atoms with Gasteiger partial charge < -0.3 is 10.1 Å². The fourth-order valence-corrected chi connectivity index (χ4v) is 2.43. The van der Waals surface area contributed by atoms with Crippen molar-refractivity contribution in [2.45, 2.75) is 31.6 Å². The van der Waals surface area contributed by atoms with Crippen molar-refractivity contribution in [3.05, 3.63) is 24.0 Å². The summed E-state index contributed by atoms with van der Waals surface area (Å²) in [4.78, 5) is 7.80. The molecule has 3 nitrogen and oxygen atoms in total. The summed E-state index contributed by atoms with van der Waals surface area (Å²) in [6, 6.07) is 5.48. The third-order valence-corrected chi connectivity index (χ3v) is 3.25. The van der Waals surface area contributed by atoms with Crippen LogP contribution < -0.4 is 0 Å². The second-order valence-corrected chi connectivity index (χ2v) is 4.28. The summed E-state index contributed by atoms with van der Waals surface area (Å²) in [6.07, 6.45) is 5.04. The number of para-hydroxylation sites is 1. The first kappa shape index (κ1) is 8.77. The standard InChI is InChI=1S/C12H14N2O/c15-10-7-3-6-9-11(10)14-12(13-9)8-4-1-2-5-8/h3,6-8,15H,1-2,4-5H2,(H,13,14). The van der Waals surface area contributed by atoms with Crippen LogP contribution in [-0.4, -0.2) is 15.1 Å². The van der Waals surface area contributed by atoms with Gasteiger partial charge in [0.1, 0.15) is 17.1 Å². The van der Waals surface area contributed by atoms with E-state index in [0.29, 0.717) is 11.4 Å². The minimum absolute atomic E-state index is 0.271. The molecule has 1 aliphatic carbocycles. The Morgan fingerprint density at radius 3 is 2.80 bits per heavy atom. The molecule has 0 amide bonds. The van der Waals surface area contributed by atoms with E-state index < -0.39 is 0 Å². The Morgan fingerprint density at radius 2 is 2.07 bits per heavy atom. The predicted molar refractivity (Wildman–Crippen MR) is 59.0 cm³/mol. The summed E-state index contributed by atoms with van der Waals surface area (Å²) < 4.78 is 0. The molecule has 3 heteroatoms. The maximum absolute atomic E-state index is 9.64. The van der Waals surface area contributed by atoms with E-state index in [1.807, 2.05) is 12.1 Å². The lowest BCUT2D eigenvalue weighted by atomic mass is 10.1. The summed E-state index contributed by atoms with van der Waals surface area (Å²) in [7, 11) is 0. The first-order valence-corrected chi connectivity index (χ1v) is 5.52. The average Bonchev–Trinajstić information content (AvgIpc) is 2.86. The molecule has 1 saturated carbocycles. The van der Waals surface area contributed by atoms with Crippen molar-refractivity contribution >= 4 is 11.0 Å². The molecule has 0 bridgehead atoms. The van der Waals surface area contributed by atoms with Gasteiger partial charge in [0.25, 0.3) is 0 Å². The van der Waals surface area contributed by atoms with Gasteiger partial charge in [-0.15, -0.1) is 0 Å². The van der Waals surface area contributed by atoms with Crippen LogP contribution >= 0.6 is 0 Å². The Labute approximate surface area is 88.2 Å². The molecule has 0 aliphatic heterocycles. The number of phenolic OH excluding ortho intramolecular Hbond substituents is 1. The van der Waals surface area contributed by atoms with Gasteiger partial charge in [-0.05, 0) is 25.0 Å². The molecule has 0 unspecified atom stereocenters. The van der Waals surface area contributed by atoms with E-state index >= 15 is 0 Å². The molecule has 0 saturated heterocycles. The molecule has 78 valence electrons. The molecule has 1 fully saturated rings. The van der Waals surface area contributed by atoms with Crippen LogP contribution in [0.1, 0.15) is 37.4 Å². The Hall–Kier alpha value is -1.51. The van der Waals surface area contributed by atoms with E-state index in [1.54, 1.807) is 6.07 Å². The zero-order valence-corrected chi connectivity index (χ0v) is 8.53. The summed E-state index contributed by atoms with van der Waals surface area (Å²) >= 11 is 0. The maximum Gasteiger partial charge on any atom is 0.143 e. The number of rotatable bonds is 1. The van der Waals surface area contributed by atoms with E-state index in [1.165, 1.54) is 25.7 Å². The monoisotopic (exact) mass is 202 g/mol. The van der Waals surface area contributed by atoms with E-state index in [4.69, 9.17) is 0 Å². The first-order chi connectivity index (χ1) is 7.34. The zero-order chi connectivity index (χ0) is 10.3. The van der Waals surface area contributed by atoms with E-state index in [2.05, 4.69) is 9.97 Å². The van der Waals surface area contributed by atoms with Crippen molar-refractivity contribution in [1.82, 2.24) is 9.97 Å². The number of imidazole rings is 1. The van der Waals surface area contributed by atoms with Gasteiger partial charge >= 0.3 is 0 Å². The number of hydrogen-bond acceptors (Lipinski definition) is 2. The van der Waals surface area contributed by atoms with Crippen LogP contribution in [0.15, 0.2) is 18.2 Å². The van der Waals surface area contributed by atoms with Gasteiger partial charge in [-0.2, -0.15) is 0 Å². The van der Waals surface area contributed by atoms with Gasteiger partial charge in [-0.3, -0.25) is 0 Å². The van der Waals surface area contributed by atoms with E-state index in [9.17, 15) is 5.11 Å². The number of fused-ring (bicyclic) bond motifs is 1. The van der Waals surface area contributed by atoms with Crippen molar-refractivity contribution in [2.24, 2.45) is 0 Å². The Morgan fingerprint density at radius 1 is 1.27 bits per heavy atom. The summed E-state index contributed by atoms with van der Waals surface area (Å²) in [5.41, 5.74) is 1.65. The van der Waals surface area contributed by atoms with Crippen molar-refractivity contribution < 1.29 is 5.11 Å². The van der Waals surface area contributed by atoms with Crippen LogP contribution in [0.25, 0.3) is 11.0 Å². The third-order valence-electron chi connectivity index (χ3n) is 3.25. The molecular formula is C12H14N2O. The second kappa shape index (κ2) is 3.26. The number of aromatic hydroxyl groups is 1. The first-order valence-electron chi connectivity index (χ1n) is 5.52. The van der Waals surface area contributed by atoms with Crippen LogP contribution in [0, 0.1) is 0 Å². The maximum atomic E-state index is 9.64. The zero-order valence-electron chi connectivity index (χ0n) is 8.53. The van der Waals surface area contributed by atoms with Crippen LogP contribution in [0.2, 0.25) is 0 Å². The van der Waals surface area contributed by atoms with Crippen LogP contribution in [0.3, 0.4) is 0 Å². The molecule has 1 aromatic carbocycles. The van der Waals surface area contributed by atoms with Gasteiger partial charge in [0, 0.05) is 5.92 Å². The van der Waals surface area contributed by atoms with Crippen molar-refractivity contribution in [3.63, 3.8) is 0 Å². The summed E-state index contributed by atoms with van der Waals surface area (Å²) in [5.74, 6) is 1.88. The quantitative estimate of drug-likeness (QED) is 0.747. The Balaban J connectivity index is 2.09. The largest absolute Gasteiger partial charge is 0.506 e. The molecule has 0 spiro atoms. The van der Waals surface area contributed by atoms with Crippen LogP contribution in [-0.2, 0) is 0 Å². The highest BCUT2D eigenvalue weighted by molar-refractivity contribution is 5.81. The van der Waals surface area contributed by atoms with Gasteiger partial charge in [0.2, 0.25) is 0 Å². The average molecular weight is 202 g/mol. The van der Waals surface area contributed by atoms with Crippen molar-refractivity contribution in [3.8, 4) is 5.75 Å².